The van der Waals surface area contributed by atoms with Crippen molar-refractivity contribution in [1.82, 2.24) is 39.4 Å². The van der Waals surface area contributed by atoms with Crippen molar-refractivity contribution in [2.24, 2.45) is 0 Å². The smallest absolute Gasteiger partial charge is 0.256 e. The molecule has 2 bridgehead atoms. The van der Waals surface area contributed by atoms with Crippen LogP contribution in [0.4, 0.5) is 11.6 Å². The molecular weight excluding hydrogens is 714 g/mol. The molecule has 16 heteroatoms. The first-order valence-electron chi connectivity index (χ1n) is 19.1. The summed E-state index contributed by atoms with van der Waals surface area (Å²) in [7, 11) is 1.66. The molecule has 15 nitrogen and oxygen atoms in total. The molecule has 1 N–H and O–H groups in total. The van der Waals surface area contributed by atoms with Gasteiger partial charge in [-0.25, -0.2) is 19.6 Å². The van der Waals surface area contributed by atoms with E-state index in [2.05, 4.69) is 34.9 Å². The van der Waals surface area contributed by atoms with Gasteiger partial charge in [0.1, 0.15) is 30.2 Å². The van der Waals surface area contributed by atoms with Crippen LogP contribution in [0.5, 0.6) is 11.6 Å². The van der Waals surface area contributed by atoms with Gasteiger partial charge in [0.05, 0.1) is 70.1 Å². The standard InChI is InChI=1S/C38H52ClN9O6/c1-27(21-46-26-40-25-43-46)54-36-18-28(4-11-34(36)39)29-19-41-38(42-20-29)44-35-22-47(45-37(35)53-13-3-12-50-16-17-51-15-14-49-2)30-5-7-31(8-6-30)48-32-9-10-33(48)24-52-23-32/h4,11,18-20,22,25-27,30-33H,3,5-10,12-17,21,23-24H2,1-2H3,(H,41,42,44)/t27?,30?,31?,32-,33+. The highest BCUT2D eigenvalue weighted by molar-refractivity contribution is 6.32. The zero-order chi connectivity index (χ0) is 37.1. The molecular formula is C38H52ClN9O6. The van der Waals surface area contributed by atoms with Gasteiger partial charge in [0, 0.05) is 56.2 Å². The lowest BCUT2D eigenvalue weighted by atomic mass is 9.89. The number of benzene rings is 1. The van der Waals surface area contributed by atoms with Crippen molar-refractivity contribution >= 4 is 23.2 Å². The Bertz CT molecular complexity index is 1700. The van der Waals surface area contributed by atoms with Crippen LogP contribution < -0.4 is 14.8 Å². The molecule has 2 aliphatic heterocycles. The van der Waals surface area contributed by atoms with Gasteiger partial charge in [-0.05, 0) is 63.1 Å². The van der Waals surface area contributed by atoms with E-state index in [0.29, 0.717) is 99.4 Å². The second-order valence-corrected chi connectivity index (χ2v) is 14.6. The average Bonchev–Trinajstić information content (AvgIpc) is 3.91. The summed E-state index contributed by atoms with van der Waals surface area (Å²) in [5, 5.41) is 13.0. The number of morpholine rings is 1. The third-order valence-electron chi connectivity index (χ3n) is 10.3. The molecule has 0 radical (unpaired) electrons. The van der Waals surface area contributed by atoms with E-state index in [1.165, 1.54) is 19.2 Å². The zero-order valence-electron chi connectivity index (χ0n) is 31.2. The van der Waals surface area contributed by atoms with E-state index in [-0.39, 0.29) is 6.10 Å². The van der Waals surface area contributed by atoms with Crippen molar-refractivity contribution in [3.63, 3.8) is 0 Å². The molecule has 1 aromatic carbocycles. The van der Waals surface area contributed by atoms with Crippen LogP contribution in [-0.2, 0) is 25.5 Å². The molecule has 3 atom stereocenters. The number of nitrogens with one attached hydrogen (secondary N) is 1. The maximum Gasteiger partial charge on any atom is 0.256 e. The number of anilines is 2. The number of nitrogens with zero attached hydrogens (tertiary/aromatic N) is 8. The van der Waals surface area contributed by atoms with Crippen molar-refractivity contribution in [3.05, 3.63) is 54.5 Å². The van der Waals surface area contributed by atoms with Gasteiger partial charge in [0.2, 0.25) is 5.95 Å². The highest BCUT2D eigenvalue weighted by atomic mass is 35.5. The first-order valence-corrected chi connectivity index (χ1v) is 19.5. The first kappa shape index (κ1) is 38.4. The van der Waals surface area contributed by atoms with E-state index in [0.717, 1.165) is 55.7 Å². The fourth-order valence-corrected chi connectivity index (χ4v) is 7.87. The number of hydrogen-bond acceptors (Lipinski definition) is 13. The van der Waals surface area contributed by atoms with E-state index < -0.39 is 0 Å². The predicted octanol–water partition coefficient (Wildman–Crippen LogP) is 5.59. The third-order valence-corrected chi connectivity index (χ3v) is 10.6. The summed E-state index contributed by atoms with van der Waals surface area (Å²) >= 11 is 6.50. The lowest BCUT2D eigenvalue weighted by Gasteiger charge is -2.43. The van der Waals surface area contributed by atoms with E-state index in [1.54, 1.807) is 30.5 Å². The topological polar surface area (TPSA) is 145 Å². The van der Waals surface area contributed by atoms with Gasteiger partial charge in [0.25, 0.3) is 5.88 Å². The van der Waals surface area contributed by atoms with E-state index in [1.807, 2.05) is 31.3 Å². The molecule has 1 saturated carbocycles. The van der Waals surface area contributed by atoms with Crippen LogP contribution in [0.15, 0.2) is 49.4 Å². The molecule has 4 aromatic rings. The summed E-state index contributed by atoms with van der Waals surface area (Å²) in [6.45, 7) is 7.48. The van der Waals surface area contributed by atoms with Gasteiger partial charge in [-0.2, -0.15) is 5.10 Å². The summed E-state index contributed by atoms with van der Waals surface area (Å²) in [5.41, 5.74) is 2.44. The second kappa shape index (κ2) is 19.1. The van der Waals surface area contributed by atoms with Gasteiger partial charge in [-0.3, -0.25) is 9.58 Å². The molecule has 5 heterocycles. The number of aromatic nitrogens is 7. The SMILES string of the molecule is COCCOCCOCCCOc1nn(C2CCC(N3[C@@H]4CC[C@H]3COC4)CC2)cc1Nc1ncc(-c2ccc(Cl)c(OC(C)Cn3cncn3)c2)cn1. The van der Waals surface area contributed by atoms with Crippen LogP contribution in [0.3, 0.4) is 0 Å². The monoisotopic (exact) mass is 765 g/mol. The Morgan fingerprint density at radius 3 is 2.35 bits per heavy atom. The maximum absolute atomic E-state index is 6.50. The van der Waals surface area contributed by atoms with Crippen LogP contribution in [0.2, 0.25) is 5.02 Å². The van der Waals surface area contributed by atoms with Crippen molar-refractivity contribution < 1.29 is 28.4 Å². The van der Waals surface area contributed by atoms with Crippen LogP contribution >= 0.6 is 11.6 Å². The summed E-state index contributed by atoms with van der Waals surface area (Å²) in [5.74, 6) is 1.54. The molecule has 3 aromatic heterocycles. The molecule has 54 heavy (non-hydrogen) atoms. The fraction of sp³-hybridized carbons (Fsp3) is 0.605. The van der Waals surface area contributed by atoms with Gasteiger partial charge in [-0.15, -0.1) is 5.10 Å². The summed E-state index contributed by atoms with van der Waals surface area (Å²) in [6, 6.07) is 7.73. The Morgan fingerprint density at radius 2 is 1.61 bits per heavy atom. The lowest BCUT2D eigenvalue weighted by Crippen LogP contribution is -2.52. The number of halogens is 1. The van der Waals surface area contributed by atoms with Crippen molar-refractivity contribution in [2.45, 2.75) is 88.7 Å². The molecule has 0 amide bonds. The number of hydrogen-bond donors (Lipinski definition) is 1. The summed E-state index contributed by atoms with van der Waals surface area (Å²) < 4.78 is 38.2. The minimum absolute atomic E-state index is 0.173. The van der Waals surface area contributed by atoms with Crippen LogP contribution in [-0.4, -0.2) is 124 Å². The highest BCUT2D eigenvalue weighted by Crippen LogP contribution is 2.39. The fourth-order valence-electron chi connectivity index (χ4n) is 7.71. The molecule has 1 aliphatic carbocycles. The molecule has 0 spiro atoms. The van der Waals surface area contributed by atoms with Gasteiger partial charge >= 0.3 is 0 Å². The predicted molar refractivity (Wildman–Crippen MR) is 202 cm³/mol. The molecule has 292 valence electrons. The molecule has 2 saturated heterocycles. The summed E-state index contributed by atoms with van der Waals surface area (Å²) in [6.07, 6.45) is 16.3. The minimum atomic E-state index is -0.173. The molecule has 1 unspecified atom stereocenters. The van der Waals surface area contributed by atoms with Gasteiger partial charge in [-0.1, -0.05) is 17.7 Å². The maximum atomic E-state index is 6.50. The van der Waals surface area contributed by atoms with Crippen LogP contribution in [0, 0.1) is 0 Å². The van der Waals surface area contributed by atoms with E-state index in [4.69, 9.17) is 45.1 Å². The first-order chi connectivity index (χ1) is 26.5. The molecule has 7 rings (SSSR count). The number of methoxy groups -OCH3 is 1. The zero-order valence-corrected chi connectivity index (χ0v) is 32.0. The normalized spacial score (nSPS) is 22.0. The van der Waals surface area contributed by atoms with Crippen LogP contribution in [0.25, 0.3) is 11.1 Å². The quantitative estimate of drug-likeness (QED) is 0.112. The minimum Gasteiger partial charge on any atom is -0.487 e. The second-order valence-electron chi connectivity index (χ2n) is 14.2. The van der Waals surface area contributed by atoms with Gasteiger partial charge < -0.3 is 33.7 Å². The number of fused-ring (bicyclic) bond motifs is 2. The van der Waals surface area contributed by atoms with Gasteiger partial charge in [0.15, 0.2) is 0 Å². The number of rotatable bonds is 20. The van der Waals surface area contributed by atoms with Crippen LogP contribution in [0.1, 0.15) is 57.9 Å². The van der Waals surface area contributed by atoms with E-state index in [9.17, 15) is 0 Å². The highest BCUT2D eigenvalue weighted by Gasteiger charge is 2.42. The molecule has 3 fully saturated rings. The molecule has 3 aliphatic rings. The Balaban J connectivity index is 0.979. The van der Waals surface area contributed by atoms with E-state index >= 15 is 0 Å². The van der Waals surface area contributed by atoms with Crippen molar-refractivity contribution in [3.8, 4) is 22.8 Å². The Hall–Kier alpha value is -3.86. The number of ether oxygens (including phenoxy) is 6. The average molecular weight is 766 g/mol. The Morgan fingerprint density at radius 1 is 0.889 bits per heavy atom. The lowest BCUT2D eigenvalue weighted by molar-refractivity contribution is -0.0458. The van der Waals surface area contributed by atoms with Crippen molar-refractivity contribution in [1.29, 1.82) is 0 Å². The summed E-state index contributed by atoms with van der Waals surface area (Å²) in [4.78, 5) is 16.1. The largest absolute Gasteiger partial charge is 0.487 e. The van der Waals surface area contributed by atoms with Crippen molar-refractivity contribution in [2.75, 3.05) is 65.3 Å². The Kier molecular flexibility index (Phi) is 13.6. The Labute approximate surface area is 321 Å². The third kappa shape index (κ3) is 10.1.